The van der Waals surface area contributed by atoms with Gasteiger partial charge in [0.25, 0.3) is 0 Å². The van der Waals surface area contributed by atoms with E-state index >= 15 is 0 Å². The lowest BCUT2D eigenvalue weighted by atomic mass is 9.91. The van der Waals surface area contributed by atoms with Gasteiger partial charge in [-0.1, -0.05) is 11.6 Å². The average Bonchev–Trinajstić information content (AvgIpc) is 3.19. The number of halogens is 4. The van der Waals surface area contributed by atoms with Gasteiger partial charge in [-0.2, -0.15) is 18.3 Å². The van der Waals surface area contributed by atoms with E-state index < -0.39 is 35.5 Å². The Bertz CT molecular complexity index is 863. The summed E-state index contributed by atoms with van der Waals surface area (Å²) in [6.07, 6.45) is -4.60. The van der Waals surface area contributed by atoms with Crippen molar-refractivity contribution in [3.8, 4) is 0 Å². The number of aryl methyl sites for hydroxylation is 1. The number of alkyl halides is 3. The second kappa shape index (κ2) is 6.58. The highest BCUT2D eigenvalue weighted by Crippen LogP contribution is 2.37. The van der Waals surface area contributed by atoms with Crippen LogP contribution in [0.4, 0.5) is 18.9 Å². The lowest BCUT2D eigenvalue weighted by Gasteiger charge is -2.16. The molecule has 140 valence electrons. The van der Waals surface area contributed by atoms with E-state index in [0.717, 1.165) is 10.7 Å². The van der Waals surface area contributed by atoms with Gasteiger partial charge in [-0.15, -0.1) is 11.3 Å². The topological polar surface area (TPSA) is 67.2 Å². The van der Waals surface area contributed by atoms with Gasteiger partial charge in [0.05, 0.1) is 5.69 Å². The van der Waals surface area contributed by atoms with Gasteiger partial charge in [-0.25, -0.2) is 0 Å². The maximum absolute atomic E-state index is 12.9. The number of likely N-dealkylation sites (tertiary alicyclic amines) is 1. The quantitative estimate of drug-likeness (QED) is 0.797. The third-order valence-electron chi connectivity index (χ3n) is 4.26. The molecule has 0 aliphatic carbocycles. The number of amides is 2. The van der Waals surface area contributed by atoms with Gasteiger partial charge in [-0.05, 0) is 17.5 Å². The van der Waals surface area contributed by atoms with Crippen LogP contribution in [0.1, 0.15) is 17.3 Å². The molecule has 3 heterocycles. The van der Waals surface area contributed by atoms with E-state index in [4.69, 9.17) is 11.6 Å². The second-order valence-corrected chi connectivity index (χ2v) is 7.49. The molecule has 26 heavy (non-hydrogen) atoms. The molecule has 2 aromatic heterocycles. The van der Waals surface area contributed by atoms with Crippen LogP contribution in [0.25, 0.3) is 0 Å². The first-order valence-electron chi connectivity index (χ1n) is 7.49. The highest BCUT2D eigenvalue weighted by Gasteiger charge is 2.46. The number of hydrogen-bond donors (Lipinski definition) is 1. The zero-order chi connectivity index (χ0) is 19.2. The number of rotatable bonds is 3. The molecule has 0 spiro atoms. The predicted molar refractivity (Wildman–Crippen MR) is 90.0 cm³/mol. The maximum atomic E-state index is 12.9. The third-order valence-corrected chi connectivity index (χ3v) is 5.43. The fourth-order valence-corrected chi connectivity index (χ4v) is 3.85. The normalized spacial score (nSPS) is 20.7. The standard InChI is InChI=1S/C15H14ClF3N4O2S/c1-22-6-7(9-5-10(15(17,18)19)21-23(9)2)11(14(22)25)13(24)20-8-3-4-26-12(8)16/h3-5,7,11H,6H2,1-2H3,(H,20,24)/t7-,11+/m1/s1. The summed E-state index contributed by atoms with van der Waals surface area (Å²) >= 11 is 7.17. The van der Waals surface area contributed by atoms with E-state index in [0.29, 0.717) is 10.0 Å². The van der Waals surface area contributed by atoms with Crippen molar-refractivity contribution in [3.63, 3.8) is 0 Å². The molecule has 2 atom stereocenters. The number of aromatic nitrogens is 2. The molecule has 1 aliphatic heterocycles. The molecule has 1 fully saturated rings. The monoisotopic (exact) mass is 406 g/mol. The van der Waals surface area contributed by atoms with Crippen LogP contribution >= 0.6 is 22.9 Å². The van der Waals surface area contributed by atoms with Crippen LogP contribution in [0.15, 0.2) is 17.5 Å². The molecule has 3 rings (SSSR count). The maximum Gasteiger partial charge on any atom is 0.435 e. The second-order valence-electron chi connectivity index (χ2n) is 5.98. The van der Waals surface area contributed by atoms with Crippen molar-refractivity contribution < 1.29 is 22.8 Å². The van der Waals surface area contributed by atoms with E-state index in [1.165, 1.54) is 30.3 Å². The fraction of sp³-hybridized carbons (Fsp3) is 0.400. The largest absolute Gasteiger partial charge is 0.435 e. The number of likely N-dealkylation sites (N-methyl/N-ethyl adjacent to an activating group) is 1. The van der Waals surface area contributed by atoms with E-state index in [1.54, 1.807) is 11.4 Å². The molecule has 1 N–H and O–H groups in total. The smallest absolute Gasteiger partial charge is 0.344 e. The number of hydrogen-bond acceptors (Lipinski definition) is 4. The number of thiophene rings is 1. The van der Waals surface area contributed by atoms with Crippen molar-refractivity contribution in [2.24, 2.45) is 13.0 Å². The van der Waals surface area contributed by atoms with Crippen molar-refractivity contribution >= 4 is 40.4 Å². The minimum absolute atomic E-state index is 0.116. The Morgan fingerprint density at radius 3 is 2.65 bits per heavy atom. The summed E-state index contributed by atoms with van der Waals surface area (Å²) in [5.74, 6) is -2.99. The minimum atomic E-state index is -4.60. The molecular formula is C15H14ClF3N4O2S. The van der Waals surface area contributed by atoms with Crippen LogP contribution in [0, 0.1) is 5.92 Å². The Hall–Kier alpha value is -2.07. The number of nitrogens with zero attached hydrogens (tertiary/aromatic N) is 3. The Balaban J connectivity index is 1.93. The zero-order valence-corrected chi connectivity index (χ0v) is 15.2. The minimum Gasteiger partial charge on any atom is -0.344 e. The summed E-state index contributed by atoms with van der Waals surface area (Å²) < 4.78 is 40.2. The number of carbonyl (C=O) groups excluding carboxylic acids is 2. The van der Waals surface area contributed by atoms with Crippen molar-refractivity contribution in [1.29, 1.82) is 0 Å². The Labute approximate surface area is 155 Å². The molecule has 0 aromatic carbocycles. The highest BCUT2D eigenvalue weighted by atomic mass is 35.5. The summed E-state index contributed by atoms with van der Waals surface area (Å²) in [6.45, 7) is 0.116. The molecule has 6 nitrogen and oxygen atoms in total. The van der Waals surface area contributed by atoms with Gasteiger partial charge in [0.2, 0.25) is 11.8 Å². The first-order valence-corrected chi connectivity index (χ1v) is 8.75. The van der Waals surface area contributed by atoms with Crippen LogP contribution in [-0.2, 0) is 22.8 Å². The van der Waals surface area contributed by atoms with Gasteiger partial charge < -0.3 is 10.2 Å². The number of nitrogens with one attached hydrogen (secondary N) is 1. The fourth-order valence-electron chi connectivity index (χ4n) is 3.02. The molecule has 2 aromatic rings. The molecule has 0 bridgehead atoms. The average molecular weight is 407 g/mol. The first kappa shape index (κ1) is 18.7. The number of anilines is 1. The Morgan fingerprint density at radius 2 is 2.12 bits per heavy atom. The molecule has 11 heteroatoms. The molecule has 0 radical (unpaired) electrons. The SMILES string of the molecule is CN1C[C@H](c2cc(C(F)(F)F)nn2C)[C@@H](C(=O)Nc2ccsc2Cl)C1=O. The van der Waals surface area contributed by atoms with E-state index in [1.807, 2.05) is 0 Å². The van der Waals surface area contributed by atoms with Gasteiger partial charge in [0.15, 0.2) is 5.69 Å². The lowest BCUT2D eigenvalue weighted by Crippen LogP contribution is -2.33. The first-order chi connectivity index (χ1) is 12.1. The summed E-state index contributed by atoms with van der Waals surface area (Å²) in [6, 6.07) is 2.48. The third kappa shape index (κ3) is 3.30. The molecule has 0 saturated carbocycles. The van der Waals surface area contributed by atoms with E-state index in [9.17, 15) is 22.8 Å². The summed E-state index contributed by atoms with van der Waals surface area (Å²) in [5, 5.41) is 7.73. The van der Waals surface area contributed by atoms with Crippen LogP contribution < -0.4 is 5.32 Å². The molecule has 1 aliphatic rings. The van der Waals surface area contributed by atoms with E-state index in [2.05, 4.69) is 10.4 Å². The number of carbonyl (C=O) groups is 2. The van der Waals surface area contributed by atoms with Crippen molar-refractivity contribution in [2.45, 2.75) is 12.1 Å². The molecule has 0 unspecified atom stereocenters. The van der Waals surface area contributed by atoms with Gasteiger partial charge >= 0.3 is 6.18 Å². The van der Waals surface area contributed by atoms with Crippen molar-refractivity contribution in [3.05, 3.63) is 33.2 Å². The predicted octanol–water partition coefficient (Wildman–Crippen LogP) is 2.96. The Kier molecular flexibility index (Phi) is 4.74. The van der Waals surface area contributed by atoms with Gasteiger partial charge in [0.1, 0.15) is 10.3 Å². The summed E-state index contributed by atoms with van der Waals surface area (Å²) in [4.78, 5) is 26.4. The van der Waals surface area contributed by atoms with Crippen LogP contribution in [0.2, 0.25) is 4.34 Å². The van der Waals surface area contributed by atoms with E-state index in [-0.39, 0.29) is 12.2 Å². The van der Waals surface area contributed by atoms with Gasteiger partial charge in [0, 0.05) is 32.3 Å². The molecular weight excluding hydrogens is 393 g/mol. The molecule has 1 saturated heterocycles. The van der Waals surface area contributed by atoms with Crippen LogP contribution in [-0.4, -0.2) is 40.1 Å². The van der Waals surface area contributed by atoms with Crippen molar-refractivity contribution in [2.75, 3.05) is 18.9 Å². The molecule has 2 amide bonds. The highest BCUT2D eigenvalue weighted by molar-refractivity contribution is 7.15. The Morgan fingerprint density at radius 1 is 1.42 bits per heavy atom. The summed E-state index contributed by atoms with van der Waals surface area (Å²) in [5.41, 5.74) is -0.521. The summed E-state index contributed by atoms with van der Waals surface area (Å²) in [7, 11) is 2.86. The van der Waals surface area contributed by atoms with Crippen molar-refractivity contribution in [1.82, 2.24) is 14.7 Å². The van der Waals surface area contributed by atoms with Gasteiger partial charge in [-0.3, -0.25) is 14.3 Å². The zero-order valence-electron chi connectivity index (χ0n) is 13.7. The lowest BCUT2D eigenvalue weighted by molar-refractivity contribution is -0.141. The van der Waals surface area contributed by atoms with Crippen LogP contribution in [0.3, 0.4) is 0 Å². The van der Waals surface area contributed by atoms with Crippen LogP contribution in [0.5, 0.6) is 0 Å².